The SMILES string of the molecule is CC1(C(=O)NS(=O)(=O)c2cccc(F)c2)CCN1C(=O)Cc1ccc(Cl)cc1Cl. The smallest absolute Gasteiger partial charge is 0.264 e. The number of likely N-dealkylation sites (tertiary alicyclic amines) is 1. The highest BCUT2D eigenvalue weighted by atomic mass is 35.5. The second-order valence-electron chi connectivity index (χ2n) is 6.87. The van der Waals surface area contributed by atoms with Crippen molar-refractivity contribution in [3.05, 3.63) is 63.9 Å². The molecule has 29 heavy (non-hydrogen) atoms. The van der Waals surface area contributed by atoms with Gasteiger partial charge in [-0.1, -0.05) is 35.3 Å². The predicted molar refractivity (Wildman–Crippen MR) is 107 cm³/mol. The maximum atomic E-state index is 13.3. The molecule has 6 nitrogen and oxygen atoms in total. The molecule has 1 unspecified atom stereocenters. The molecule has 2 amide bonds. The summed E-state index contributed by atoms with van der Waals surface area (Å²) in [4.78, 5) is 26.3. The Hall–Kier alpha value is -2.16. The fourth-order valence-corrected chi connectivity index (χ4v) is 4.63. The summed E-state index contributed by atoms with van der Waals surface area (Å²) in [6, 6.07) is 9.04. The van der Waals surface area contributed by atoms with Crippen LogP contribution >= 0.6 is 23.2 Å². The van der Waals surface area contributed by atoms with Crippen LogP contribution in [0, 0.1) is 5.82 Å². The molecule has 1 fully saturated rings. The lowest BCUT2D eigenvalue weighted by molar-refractivity contribution is -0.156. The highest BCUT2D eigenvalue weighted by Crippen LogP contribution is 2.32. The summed E-state index contributed by atoms with van der Waals surface area (Å²) in [5.41, 5.74) is -0.792. The normalized spacial score (nSPS) is 18.8. The van der Waals surface area contributed by atoms with Crippen LogP contribution in [0.1, 0.15) is 18.9 Å². The zero-order valence-electron chi connectivity index (χ0n) is 15.3. The zero-order valence-corrected chi connectivity index (χ0v) is 17.6. The van der Waals surface area contributed by atoms with Gasteiger partial charge >= 0.3 is 0 Å². The minimum atomic E-state index is -4.27. The fourth-order valence-electron chi connectivity index (χ4n) is 3.04. The van der Waals surface area contributed by atoms with Gasteiger partial charge in [-0.3, -0.25) is 9.59 Å². The van der Waals surface area contributed by atoms with Crippen molar-refractivity contribution in [3.63, 3.8) is 0 Å². The third kappa shape index (κ3) is 4.39. The van der Waals surface area contributed by atoms with Gasteiger partial charge in [-0.25, -0.2) is 17.5 Å². The first-order valence-corrected chi connectivity index (χ1v) is 10.8. The van der Waals surface area contributed by atoms with Crippen molar-refractivity contribution >= 4 is 45.0 Å². The van der Waals surface area contributed by atoms with E-state index in [-0.39, 0.29) is 23.6 Å². The van der Waals surface area contributed by atoms with E-state index in [1.165, 1.54) is 30.0 Å². The largest absolute Gasteiger partial charge is 0.328 e. The van der Waals surface area contributed by atoms with E-state index in [2.05, 4.69) is 0 Å². The van der Waals surface area contributed by atoms with Crippen LogP contribution < -0.4 is 4.72 Å². The summed E-state index contributed by atoms with van der Waals surface area (Å²) >= 11 is 11.9. The molecule has 2 aromatic carbocycles. The Morgan fingerprint density at radius 3 is 2.52 bits per heavy atom. The van der Waals surface area contributed by atoms with Crippen LogP contribution in [0.15, 0.2) is 47.4 Å². The zero-order chi connectivity index (χ0) is 21.4. The van der Waals surface area contributed by atoms with Crippen LogP contribution in [-0.4, -0.2) is 37.2 Å². The molecule has 0 aromatic heterocycles. The molecule has 1 aliphatic rings. The van der Waals surface area contributed by atoms with Crippen LogP contribution in [0.4, 0.5) is 4.39 Å². The van der Waals surface area contributed by atoms with Gasteiger partial charge in [0, 0.05) is 16.6 Å². The van der Waals surface area contributed by atoms with Crippen LogP contribution in [-0.2, 0) is 26.0 Å². The molecular formula is C19H17Cl2FN2O4S. The molecule has 0 spiro atoms. The van der Waals surface area contributed by atoms with Gasteiger partial charge in [-0.05, 0) is 49.2 Å². The molecular weight excluding hydrogens is 442 g/mol. The van der Waals surface area contributed by atoms with E-state index in [0.29, 0.717) is 22.2 Å². The van der Waals surface area contributed by atoms with Crippen molar-refractivity contribution in [2.75, 3.05) is 6.54 Å². The summed E-state index contributed by atoms with van der Waals surface area (Å²) in [5.74, 6) is -1.98. The number of amides is 2. The molecule has 2 aromatic rings. The van der Waals surface area contributed by atoms with Gasteiger partial charge in [-0.2, -0.15) is 0 Å². The Labute approximate surface area is 177 Å². The lowest BCUT2D eigenvalue weighted by atomic mass is 9.85. The molecule has 3 rings (SSSR count). The molecule has 0 bridgehead atoms. The number of hydrogen-bond donors (Lipinski definition) is 1. The Balaban J connectivity index is 1.74. The average molecular weight is 459 g/mol. The molecule has 0 saturated carbocycles. The minimum Gasteiger partial charge on any atom is -0.328 e. The second-order valence-corrected chi connectivity index (χ2v) is 9.40. The molecule has 1 saturated heterocycles. The Kier molecular flexibility index (Phi) is 5.89. The summed E-state index contributed by atoms with van der Waals surface area (Å²) in [5, 5.41) is 0.758. The van der Waals surface area contributed by atoms with Crippen LogP contribution in [0.5, 0.6) is 0 Å². The maximum absolute atomic E-state index is 13.3. The van der Waals surface area contributed by atoms with Gasteiger partial charge in [-0.15, -0.1) is 0 Å². The van der Waals surface area contributed by atoms with Crippen molar-refractivity contribution < 1.29 is 22.4 Å². The monoisotopic (exact) mass is 458 g/mol. The van der Waals surface area contributed by atoms with Crippen LogP contribution in [0.2, 0.25) is 10.0 Å². The lowest BCUT2D eigenvalue weighted by Crippen LogP contribution is -2.68. The Morgan fingerprint density at radius 1 is 1.21 bits per heavy atom. The highest BCUT2D eigenvalue weighted by molar-refractivity contribution is 7.90. The Bertz CT molecular complexity index is 1090. The van der Waals surface area contributed by atoms with Gasteiger partial charge in [0.2, 0.25) is 5.91 Å². The van der Waals surface area contributed by atoms with Crippen LogP contribution in [0.3, 0.4) is 0 Å². The number of nitrogens with one attached hydrogen (secondary N) is 1. The number of rotatable bonds is 5. The van der Waals surface area contributed by atoms with Crippen molar-refractivity contribution in [1.29, 1.82) is 0 Å². The van der Waals surface area contributed by atoms with E-state index in [1.807, 2.05) is 4.72 Å². The molecule has 10 heteroatoms. The first-order chi connectivity index (χ1) is 13.5. The third-order valence-electron chi connectivity index (χ3n) is 4.90. The first-order valence-electron chi connectivity index (χ1n) is 8.60. The second kappa shape index (κ2) is 7.93. The highest BCUT2D eigenvalue weighted by Gasteiger charge is 2.50. The summed E-state index contributed by atoms with van der Waals surface area (Å²) < 4.78 is 40.1. The number of halogens is 3. The first kappa shape index (κ1) is 21.5. The quantitative estimate of drug-likeness (QED) is 0.745. The van der Waals surface area contributed by atoms with Crippen LogP contribution in [0.25, 0.3) is 0 Å². The molecule has 1 atom stereocenters. The van der Waals surface area contributed by atoms with E-state index >= 15 is 0 Å². The van der Waals surface area contributed by atoms with Gasteiger partial charge in [0.05, 0.1) is 11.3 Å². The minimum absolute atomic E-state index is 0.0600. The number of carbonyl (C=O) groups is 2. The van der Waals surface area contributed by atoms with Crippen molar-refractivity contribution in [2.45, 2.75) is 30.2 Å². The van der Waals surface area contributed by atoms with Gasteiger partial charge in [0.25, 0.3) is 15.9 Å². The number of carbonyl (C=O) groups excluding carboxylic acids is 2. The number of hydrogen-bond acceptors (Lipinski definition) is 4. The third-order valence-corrected chi connectivity index (χ3v) is 6.81. The average Bonchev–Trinajstić information content (AvgIpc) is 2.62. The standard InChI is InChI=1S/C19H17Cl2FN2O4S/c1-19(18(26)23-29(27,28)15-4-2-3-14(22)11-15)7-8-24(19)17(25)9-12-5-6-13(20)10-16(12)21/h2-6,10-11H,7-9H2,1H3,(H,23,26). The summed E-state index contributed by atoms with van der Waals surface area (Å²) in [6.45, 7) is 1.78. The van der Waals surface area contributed by atoms with E-state index in [4.69, 9.17) is 23.2 Å². The van der Waals surface area contributed by atoms with E-state index in [0.717, 1.165) is 12.1 Å². The Morgan fingerprint density at radius 2 is 1.93 bits per heavy atom. The molecule has 154 valence electrons. The molecule has 0 radical (unpaired) electrons. The number of sulfonamides is 1. The van der Waals surface area contributed by atoms with Gasteiger partial charge in [0.1, 0.15) is 11.4 Å². The number of benzene rings is 2. The van der Waals surface area contributed by atoms with Crippen molar-refractivity contribution in [1.82, 2.24) is 9.62 Å². The summed E-state index contributed by atoms with van der Waals surface area (Å²) in [6.07, 6.45) is 0.229. The van der Waals surface area contributed by atoms with Crippen molar-refractivity contribution in [2.24, 2.45) is 0 Å². The van der Waals surface area contributed by atoms with E-state index < -0.39 is 27.3 Å². The maximum Gasteiger partial charge on any atom is 0.264 e. The van der Waals surface area contributed by atoms with Gasteiger partial charge in [0.15, 0.2) is 0 Å². The molecule has 0 aliphatic carbocycles. The summed E-state index contributed by atoms with van der Waals surface area (Å²) in [7, 11) is -4.27. The van der Waals surface area contributed by atoms with Crippen molar-refractivity contribution in [3.8, 4) is 0 Å². The molecule has 1 N–H and O–H groups in total. The van der Waals surface area contributed by atoms with E-state index in [9.17, 15) is 22.4 Å². The fraction of sp³-hybridized carbons (Fsp3) is 0.263. The predicted octanol–water partition coefficient (Wildman–Crippen LogP) is 3.17. The number of nitrogens with zero attached hydrogens (tertiary/aromatic N) is 1. The molecule has 1 heterocycles. The van der Waals surface area contributed by atoms with Gasteiger partial charge < -0.3 is 4.90 Å². The molecule has 1 aliphatic heterocycles. The lowest BCUT2D eigenvalue weighted by Gasteiger charge is -2.49. The van der Waals surface area contributed by atoms with E-state index in [1.54, 1.807) is 12.1 Å². The topological polar surface area (TPSA) is 83.6 Å².